The van der Waals surface area contributed by atoms with Crippen LogP contribution in [0.4, 0.5) is 0 Å². The summed E-state index contributed by atoms with van der Waals surface area (Å²) in [6.07, 6.45) is 11.5. The highest BCUT2D eigenvalue weighted by atomic mass is 35.5. The molecule has 2 aromatic rings. The molecule has 0 aromatic heterocycles. The molecule has 0 saturated heterocycles. The minimum absolute atomic E-state index is 0.180. The number of hydrogen-bond donors (Lipinski definition) is 0. The maximum absolute atomic E-state index is 12.2. The SMILES string of the molecule is CCCCCCCCCCCC(=O)Oc1ccc(-c2ccc(C(=O)OCC(Cl)C(C)C)cc2)cc1. The van der Waals surface area contributed by atoms with Gasteiger partial charge in [0.25, 0.3) is 0 Å². The number of benzene rings is 2. The molecule has 0 aliphatic heterocycles. The van der Waals surface area contributed by atoms with Crippen molar-refractivity contribution in [3.05, 3.63) is 54.1 Å². The van der Waals surface area contributed by atoms with Gasteiger partial charge in [-0.15, -0.1) is 11.6 Å². The van der Waals surface area contributed by atoms with Crippen molar-refractivity contribution in [2.75, 3.05) is 6.61 Å². The van der Waals surface area contributed by atoms with Gasteiger partial charge in [0.15, 0.2) is 0 Å². The average molecular weight is 501 g/mol. The van der Waals surface area contributed by atoms with Crippen LogP contribution in [0, 0.1) is 5.92 Å². The highest BCUT2D eigenvalue weighted by Gasteiger charge is 2.14. The molecule has 4 nitrogen and oxygen atoms in total. The minimum Gasteiger partial charge on any atom is -0.461 e. The Morgan fingerprint density at radius 1 is 0.771 bits per heavy atom. The van der Waals surface area contributed by atoms with Crippen LogP contribution in [0.5, 0.6) is 5.75 Å². The van der Waals surface area contributed by atoms with Crippen molar-refractivity contribution < 1.29 is 19.1 Å². The van der Waals surface area contributed by atoms with Gasteiger partial charge in [0.1, 0.15) is 12.4 Å². The lowest BCUT2D eigenvalue weighted by atomic mass is 10.0. The van der Waals surface area contributed by atoms with Gasteiger partial charge in [0, 0.05) is 6.42 Å². The van der Waals surface area contributed by atoms with Crippen LogP contribution < -0.4 is 4.74 Å². The Labute approximate surface area is 216 Å². The fraction of sp³-hybridized carbons (Fsp3) is 0.533. The molecule has 35 heavy (non-hydrogen) atoms. The summed E-state index contributed by atoms with van der Waals surface area (Å²) >= 11 is 6.15. The molecule has 0 aliphatic carbocycles. The third-order valence-corrected chi connectivity index (χ3v) is 6.75. The van der Waals surface area contributed by atoms with Gasteiger partial charge < -0.3 is 9.47 Å². The smallest absolute Gasteiger partial charge is 0.338 e. The quantitative estimate of drug-likeness (QED) is 0.100. The normalized spacial score (nSPS) is 11.9. The highest BCUT2D eigenvalue weighted by Crippen LogP contribution is 2.24. The molecule has 2 aromatic carbocycles. The number of carbonyl (C=O) groups excluding carboxylic acids is 2. The minimum atomic E-state index is -0.378. The molecule has 192 valence electrons. The van der Waals surface area contributed by atoms with E-state index in [0.29, 0.717) is 17.7 Å². The summed E-state index contributed by atoms with van der Waals surface area (Å²) in [5, 5.41) is -0.198. The largest absolute Gasteiger partial charge is 0.461 e. The summed E-state index contributed by atoms with van der Waals surface area (Å²) in [7, 11) is 0. The number of alkyl halides is 1. The van der Waals surface area contributed by atoms with Crippen LogP contribution in [0.2, 0.25) is 0 Å². The number of esters is 2. The van der Waals surface area contributed by atoms with Gasteiger partial charge in [-0.1, -0.05) is 96.4 Å². The number of rotatable bonds is 16. The number of hydrogen-bond acceptors (Lipinski definition) is 4. The number of halogens is 1. The van der Waals surface area contributed by atoms with Gasteiger partial charge in [-0.05, 0) is 47.7 Å². The fourth-order valence-corrected chi connectivity index (χ4v) is 3.77. The Morgan fingerprint density at radius 3 is 1.83 bits per heavy atom. The van der Waals surface area contributed by atoms with Gasteiger partial charge in [0.05, 0.1) is 10.9 Å². The second kappa shape index (κ2) is 16.4. The summed E-state index contributed by atoms with van der Waals surface area (Å²) in [6, 6.07) is 14.7. The van der Waals surface area contributed by atoms with E-state index < -0.39 is 0 Å². The van der Waals surface area contributed by atoms with Crippen molar-refractivity contribution in [2.45, 2.75) is 90.4 Å². The Kier molecular flexibility index (Phi) is 13.5. The van der Waals surface area contributed by atoms with E-state index >= 15 is 0 Å². The van der Waals surface area contributed by atoms with E-state index in [9.17, 15) is 9.59 Å². The molecule has 1 atom stereocenters. The standard InChI is InChI=1S/C30H41ClO4/c1-4-5-6-7-8-9-10-11-12-13-29(32)35-27-20-18-25(19-21-27)24-14-16-26(17-15-24)30(33)34-22-28(31)23(2)3/h14-21,23,28H,4-13,22H2,1-3H3. The van der Waals surface area contributed by atoms with Crippen LogP contribution in [-0.4, -0.2) is 23.9 Å². The lowest BCUT2D eigenvalue weighted by Gasteiger charge is -2.13. The van der Waals surface area contributed by atoms with Crippen molar-refractivity contribution in [3.8, 4) is 16.9 Å². The molecule has 5 heteroatoms. The van der Waals surface area contributed by atoms with E-state index in [1.54, 1.807) is 24.3 Å². The molecule has 0 N–H and O–H groups in total. The first-order chi connectivity index (χ1) is 16.9. The zero-order chi connectivity index (χ0) is 25.5. The monoisotopic (exact) mass is 500 g/mol. The van der Waals surface area contributed by atoms with Crippen molar-refractivity contribution in [2.24, 2.45) is 5.92 Å². The molecule has 0 aliphatic rings. The van der Waals surface area contributed by atoms with Gasteiger partial charge in [-0.3, -0.25) is 4.79 Å². The molecule has 0 saturated carbocycles. The van der Waals surface area contributed by atoms with E-state index in [0.717, 1.165) is 24.0 Å². The second-order valence-corrected chi connectivity index (χ2v) is 10.1. The summed E-state index contributed by atoms with van der Waals surface area (Å²) < 4.78 is 10.8. The summed E-state index contributed by atoms with van der Waals surface area (Å²) in [6.45, 7) is 6.41. The molecule has 0 heterocycles. The Bertz CT molecular complexity index is 874. The van der Waals surface area contributed by atoms with Crippen molar-refractivity contribution >= 4 is 23.5 Å². The summed E-state index contributed by atoms with van der Waals surface area (Å²) in [5.74, 6) is 0.233. The summed E-state index contributed by atoms with van der Waals surface area (Å²) in [5.41, 5.74) is 2.43. The topological polar surface area (TPSA) is 52.6 Å². The van der Waals surface area contributed by atoms with Crippen LogP contribution in [-0.2, 0) is 9.53 Å². The van der Waals surface area contributed by atoms with E-state index in [1.807, 2.05) is 38.1 Å². The molecular formula is C30H41ClO4. The van der Waals surface area contributed by atoms with Gasteiger partial charge in [-0.2, -0.15) is 0 Å². The number of ether oxygens (including phenoxy) is 2. The van der Waals surface area contributed by atoms with Crippen LogP contribution in [0.15, 0.2) is 48.5 Å². The van der Waals surface area contributed by atoms with Crippen molar-refractivity contribution in [1.82, 2.24) is 0 Å². The Balaban J connectivity index is 1.72. The van der Waals surface area contributed by atoms with Crippen LogP contribution >= 0.6 is 11.6 Å². The predicted molar refractivity (Wildman–Crippen MR) is 144 cm³/mol. The van der Waals surface area contributed by atoms with Gasteiger partial charge >= 0.3 is 11.9 Å². The van der Waals surface area contributed by atoms with Crippen LogP contribution in [0.3, 0.4) is 0 Å². The first kappa shape index (κ1) is 28.9. The highest BCUT2D eigenvalue weighted by molar-refractivity contribution is 6.21. The maximum Gasteiger partial charge on any atom is 0.338 e. The van der Waals surface area contributed by atoms with E-state index in [-0.39, 0.29) is 29.8 Å². The lowest BCUT2D eigenvalue weighted by molar-refractivity contribution is -0.134. The molecule has 1 unspecified atom stereocenters. The zero-order valence-electron chi connectivity index (χ0n) is 21.6. The van der Waals surface area contributed by atoms with Crippen molar-refractivity contribution in [3.63, 3.8) is 0 Å². The first-order valence-corrected chi connectivity index (χ1v) is 13.6. The number of unbranched alkanes of at least 4 members (excludes halogenated alkanes) is 8. The van der Waals surface area contributed by atoms with Gasteiger partial charge in [0.2, 0.25) is 0 Å². The molecular weight excluding hydrogens is 460 g/mol. The first-order valence-electron chi connectivity index (χ1n) is 13.1. The fourth-order valence-electron chi connectivity index (χ4n) is 3.71. The van der Waals surface area contributed by atoms with E-state index in [4.69, 9.17) is 21.1 Å². The maximum atomic E-state index is 12.2. The second-order valence-electron chi connectivity index (χ2n) is 9.51. The van der Waals surface area contributed by atoms with E-state index in [1.165, 1.54) is 44.9 Å². The van der Waals surface area contributed by atoms with Gasteiger partial charge in [-0.25, -0.2) is 4.79 Å². The van der Waals surface area contributed by atoms with Crippen molar-refractivity contribution in [1.29, 1.82) is 0 Å². The Hall–Kier alpha value is -2.33. The van der Waals surface area contributed by atoms with Crippen LogP contribution in [0.25, 0.3) is 11.1 Å². The molecule has 0 spiro atoms. The number of carbonyl (C=O) groups is 2. The zero-order valence-corrected chi connectivity index (χ0v) is 22.3. The molecule has 0 bridgehead atoms. The average Bonchev–Trinajstić information content (AvgIpc) is 2.86. The molecule has 2 rings (SSSR count). The van der Waals surface area contributed by atoms with E-state index in [2.05, 4.69) is 6.92 Å². The molecule has 0 amide bonds. The third-order valence-electron chi connectivity index (χ3n) is 6.12. The molecule has 0 radical (unpaired) electrons. The third kappa shape index (κ3) is 11.3. The van der Waals surface area contributed by atoms with Crippen LogP contribution in [0.1, 0.15) is 95.3 Å². The Morgan fingerprint density at radius 2 is 1.29 bits per heavy atom. The predicted octanol–water partition coefficient (Wildman–Crippen LogP) is 8.60. The lowest BCUT2D eigenvalue weighted by Crippen LogP contribution is -2.18. The summed E-state index contributed by atoms with van der Waals surface area (Å²) in [4.78, 5) is 24.3. The molecule has 0 fully saturated rings.